The number of hydrogen-bond acceptors (Lipinski definition) is 4. The van der Waals surface area contributed by atoms with Crippen LogP contribution < -0.4 is 5.32 Å². The Kier molecular flexibility index (Phi) is 2.97. The van der Waals surface area contributed by atoms with Crippen molar-refractivity contribution in [3.8, 4) is 0 Å². The van der Waals surface area contributed by atoms with Gasteiger partial charge in [-0.2, -0.15) is 4.80 Å². The molecule has 0 saturated heterocycles. The van der Waals surface area contributed by atoms with Crippen LogP contribution >= 0.6 is 0 Å². The van der Waals surface area contributed by atoms with Gasteiger partial charge in [-0.25, -0.2) is 0 Å². The summed E-state index contributed by atoms with van der Waals surface area (Å²) >= 11 is 0. The molecule has 0 atom stereocenters. The number of aryl methyl sites for hydroxylation is 2. The number of hydrogen-bond donors (Lipinski definition) is 1. The molecule has 1 aromatic rings. The molecule has 0 aliphatic rings. The van der Waals surface area contributed by atoms with Crippen LogP contribution in [0.1, 0.15) is 12.2 Å². The van der Waals surface area contributed by atoms with E-state index in [9.17, 15) is 0 Å². The second-order valence-electron chi connectivity index (χ2n) is 2.39. The van der Waals surface area contributed by atoms with Gasteiger partial charge in [0.2, 0.25) is 0 Å². The Hall–Kier alpha value is -0.970. The molecule has 0 saturated carbocycles. The van der Waals surface area contributed by atoms with E-state index in [0.29, 0.717) is 0 Å². The highest BCUT2D eigenvalue weighted by Gasteiger charge is 1.94. The Balaban J connectivity index is 2.27. The van der Waals surface area contributed by atoms with Crippen LogP contribution in [0.4, 0.5) is 0 Å². The van der Waals surface area contributed by atoms with E-state index in [-0.39, 0.29) is 0 Å². The highest BCUT2D eigenvalue weighted by molar-refractivity contribution is 4.66. The van der Waals surface area contributed by atoms with Crippen molar-refractivity contribution in [2.45, 2.75) is 19.9 Å². The maximum atomic E-state index is 4.05. The van der Waals surface area contributed by atoms with Gasteiger partial charge in [-0.15, -0.1) is 10.2 Å². The average Bonchev–Trinajstić information content (AvgIpc) is 2.37. The molecular weight excluding hydrogens is 142 g/mol. The first-order chi connectivity index (χ1) is 5.33. The predicted octanol–water partition coefficient (Wildman–Crippen LogP) is -0.409. The Morgan fingerprint density at radius 3 is 2.91 bits per heavy atom. The van der Waals surface area contributed by atoms with Crippen molar-refractivity contribution >= 4 is 0 Å². The normalized spacial score (nSPS) is 10.4. The number of tetrazole rings is 1. The summed E-state index contributed by atoms with van der Waals surface area (Å²) in [6.07, 6.45) is 1.03. The lowest BCUT2D eigenvalue weighted by atomic mass is 10.4. The number of rotatable bonds is 4. The van der Waals surface area contributed by atoms with E-state index in [1.54, 1.807) is 4.80 Å². The summed E-state index contributed by atoms with van der Waals surface area (Å²) < 4.78 is 0. The molecule has 0 aromatic carbocycles. The molecule has 0 amide bonds. The predicted molar refractivity (Wildman–Crippen MR) is 41.1 cm³/mol. The molecule has 1 N–H and O–H groups in total. The summed E-state index contributed by atoms with van der Waals surface area (Å²) in [7, 11) is 1.93. The smallest absolute Gasteiger partial charge is 0.171 e. The molecule has 0 aliphatic heterocycles. The fourth-order valence-corrected chi connectivity index (χ4v) is 0.815. The first kappa shape index (κ1) is 8.13. The third-order valence-electron chi connectivity index (χ3n) is 1.34. The summed E-state index contributed by atoms with van der Waals surface area (Å²) in [4.78, 5) is 1.62. The van der Waals surface area contributed by atoms with Crippen LogP contribution in [-0.2, 0) is 6.54 Å². The molecule has 0 bridgehead atoms. The Morgan fingerprint density at radius 2 is 2.36 bits per heavy atom. The van der Waals surface area contributed by atoms with Crippen molar-refractivity contribution in [1.29, 1.82) is 0 Å². The molecular formula is C6H13N5. The number of nitrogens with zero attached hydrogens (tertiary/aromatic N) is 4. The Morgan fingerprint density at radius 1 is 1.55 bits per heavy atom. The summed E-state index contributed by atoms with van der Waals surface area (Å²) in [6.45, 7) is 3.66. The molecule has 0 unspecified atom stereocenters. The van der Waals surface area contributed by atoms with E-state index in [1.807, 2.05) is 14.0 Å². The fourth-order valence-electron chi connectivity index (χ4n) is 0.815. The standard InChI is InChI=1S/C6H13N5/c1-6-8-10-11(9-6)5-3-4-7-2/h7H,3-5H2,1-2H3. The summed E-state index contributed by atoms with van der Waals surface area (Å²) in [5, 5.41) is 14.7. The van der Waals surface area contributed by atoms with Crippen LogP contribution in [0.15, 0.2) is 0 Å². The van der Waals surface area contributed by atoms with E-state index in [0.717, 1.165) is 25.3 Å². The molecule has 1 aromatic heterocycles. The van der Waals surface area contributed by atoms with E-state index >= 15 is 0 Å². The first-order valence-electron chi connectivity index (χ1n) is 3.72. The van der Waals surface area contributed by atoms with Gasteiger partial charge in [0, 0.05) is 0 Å². The minimum Gasteiger partial charge on any atom is -0.320 e. The topological polar surface area (TPSA) is 55.6 Å². The molecule has 1 heterocycles. The molecule has 62 valence electrons. The van der Waals surface area contributed by atoms with Crippen molar-refractivity contribution in [3.63, 3.8) is 0 Å². The van der Waals surface area contributed by atoms with Crippen LogP contribution in [0.3, 0.4) is 0 Å². The third-order valence-corrected chi connectivity index (χ3v) is 1.34. The molecule has 1 rings (SSSR count). The van der Waals surface area contributed by atoms with Crippen molar-refractivity contribution in [3.05, 3.63) is 5.82 Å². The zero-order chi connectivity index (χ0) is 8.10. The maximum Gasteiger partial charge on any atom is 0.171 e. The maximum absolute atomic E-state index is 4.05. The fraction of sp³-hybridized carbons (Fsp3) is 0.833. The average molecular weight is 155 g/mol. The van der Waals surface area contributed by atoms with E-state index in [1.165, 1.54) is 0 Å². The molecule has 0 spiro atoms. The van der Waals surface area contributed by atoms with Gasteiger partial charge in [0.1, 0.15) is 0 Å². The Bertz CT molecular complexity index is 206. The quantitative estimate of drug-likeness (QED) is 0.601. The van der Waals surface area contributed by atoms with Crippen molar-refractivity contribution in [2.75, 3.05) is 13.6 Å². The lowest BCUT2D eigenvalue weighted by molar-refractivity contribution is 0.491. The zero-order valence-electron chi connectivity index (χ0n) is 6.91. The highest BCUT2D eigenvalue weighted by atomic mass is 15.6. The second-order valence-corrected chi connectivity index (χ2v) is 2.39. The van der Waals surface area contributed by atoms with Crippen LogP contribution in [0.5, 0.6) is 0 Å². The van der Waals surface area contributed by atoms with Gasteiger partial charge in [0.25, 0.3) is 0 Å². The van der Waals surface area contributed by atoms with E-state index < -0.39 is 0 Å². The van der Waals surface area contributed by atoms with E-state index in [4.69, 9.17) is 0 Å². The van der Waals surface area contributed by atoms with Crippen LogP contribution in [0.2, 0.25) is 0 Å². The van der Waals surface area contributed by atoms with Gasteiger partial charge in [0.15, 0.2) is 5.82 Å². The minimum atomic E-state index is 0.731. The number of aromatic nitrogens is 4. The van der Waals surface area contributed by atoms with E-state index in [2.05, 4.69) is 20.7 Å². The van der Waals surface area contributed by atoms with Crippen LogP contribution in [0.25, 0.3) is 0 Å². The molecule has 0 aliphatic carbocycles. The largest absolute Gasteiger partial charge is 0.320 e. The molecule has 0 radical (unpaired) electrons. The zero-order valence-corrected chi connectivity index (χ0v) is 6.91. The van der Waals surface area contributed by atoms with Crippen molar-refractivity contribution in [2.24, 2.45) is 0 Å². The molecule has 0 fully saturated rings. The first-order valence-corrected chi connectivity index (χ1v) is 3.72. The summed E-state index contributed by atoms with van der Waals surface area (Å²) in [5.74, 6) is 0.731. The summed E-state index contributed by atoms with van der Waals surface area (Å²) in [6, 6.07) is 0. The minimum absolute atomic E-state index is 0.731. The van der Waals surface area contributed by atoms with Crippen LogP contribution in [-0.4, -0.2) is 33.8 Å². The monoisotopic (exact) mass is 155 g/mol. The van der Waals surface area contributed by atoms with Gasteiger partial charge in [-0.3, -0.25) is 0 Å². The van der Waals surface area contributed by atoms with Gasteiger partial charge in [-0.1, -0.05) is 0 Å². The number of nitrogens with one attached hydrogen (secondary N) is 1. The van der Waals surface area contributed by atoms with Gasteiger partial charge in [-0.05, 0) is 32.2 Å². The highest BCUT2D eigenvalue weighted by Crippen LogP contribution is 1.84. The lowest BCUT2D eigenvalue weighted by Gasteiger charge is -1.96. The molecule has 5 heteroatoms. The second kappa shape index (κ2) is 4.02. The molecule has 5 nitrogen and oxygen atoms in total. The molecule has 11 heavy (non-hydrogen) atoms. The van der Waals surface area contributed by atoms with Gasteiger partial charge >= 0.3 is 0 Å². The van der Waals surface area contributed by atoms with Gasteiger partial charge < -0.3 is 5.32 Å². The SMILES string of the molecule is CNCCCn1nnc(C)n1. The summed E-state index contributed by atoms with van der Waals surface area (Å²) in [5.41, 5.74) is 0. The Labute approximate surface area is 65.8 Å². The van der Waals surface area contributed by atoms with Gasteiger partial charge in [0.05, 0.1) is 6.54 Å². The van der Waals surface area contributed by atoms with Crippen molar-refractivity contribution in [1.82, 2.24) is 25.5 Å². The van der Waals surface area contributed by atoms with Crippen LogP contribution in [0, 0.1) is 6.92 Å². The third kappa shape index (κ3) is 2.63. The lowest BCUT2D eigenvalue weighted by Crippen LogP contribution is -2.12. The van der Waals surface area contributed by atoms with Crippen molar-refractivity contribution < 1.29 is 0 Å².